The van der Waals surface area contributed by atoms with E-state index in [-0.39, 0.29) is 28.2 Å². The Labute approximate surface area is 171 Å². The zero-order chi connectivity index (χ0) is 17.2. The first-order valence-electron chi connectivity index (χ1n) is 8.49. The van der Waals surface area contributed by atoms with E-state index in [1.165, 1.54) is 49.9 Å². The van der Waals surface area contributed by atoms with Crippen molar-refractivity contribution in [2.24, 2.45) is 15.5 Å². The van der Waals surface area contributed by atoms with Crippen molar-refractivity contribution in [3.05, 3.63) is 17.0 Å². The van der Waals surface area contributed by atoms with E-state index in [2.05, 4.69) is 15.2 Å². The van der Waals surface area contributed by atoms with Crippen LogP contribution in [0.15, 0.2) is 21.3 Å². The molecule has 2 aliphatic rings. The van der Waals surface area contributed by atoms with Crippen LogP contribution in [-0.2, 0) is 16.6 Å². The van der Waals surface area contributed by atoms with Gasteiger partial charge < -0.3 is 10.2 Å². The first kappa shape index (κ1) is 20.9. The Morgan fingerprint density at radius 1 is 1.32 bits per heavy atom. The maximum Gasteiger partial charge on any atom is 0.247 e. The molecule has 3 N–H and O–H groups in total. The number of nitrogens with one attached hydrogen (secondary N) is 1. The maximum atomic E-state index is 11.4. The van der Waals surface area contributed by atoms with Crippen molar-refractivity contribution in [3.8, 4) is 0 Å². The molecule has 1 aliphatic heterocycles. The number of aliphatic imine (C=N–C) groups is 1. The largest absolute Gasteiger partial charge is 0.351 e. The minimum atomic E-state index is -3.61. The summed E-state index contributed by atoms with van der Waals surface area (Å²) in [7, 11) is -1.81. The third-order valence-electron chi connectivity index (χ3n) is 5.20. The lowest BCUT2D eigenvalue weighted by Crippen LogP contribution is -2.41. The van der Waals surface area contributed by atoms with Gasteiger partial charge in [-0.25, -0.2) is 13.6 Å². The molecule has 0 atom stereocenters. The Morgan fingerprint density at radius 2 is 2.04 bits per heavy atom. The van der Waals surface area contributed by atoms with E-state index < -0.39 is 10.0 Å². The van der Waals surface area contributed by atoms with Crippen molar-refractivity contribution < 1.29 is 8.42 Å². The van der Waals surface area contributed by atoms with Gasteiger partial charge in [0.05, 0.1) is 6.54 Å². The quantitative estimate of drug-likeness (QED) is 0.381. The van der Waals surface area contributed by atoms with Gasteiger partial charge in [-0.05, 0) is 36.8 Å². The Morgan fingerprint density at radius 3 is 2.64 bits per heavy atom. The average molecular weight is 498 g/mol. The molecule has 1 aliphatic carbocycles. The smallest absolute Gasteiger partial charge is 0.247 e. The number of rotatable bonds is 3. The maximum absolute atomic E-state index is 11.4. The second kappa shape index (κ2) is 8.53. The summed E-state index contributed by atoms with van der Waals surface area (Å²) in [6.45, 7) is 2.70. The van der Waals surface area contributed by atoms with Crippen LogP contribution in [0.1, 0.15) is 43.4 Å². The van der Waals surface area contributed by atoms with Gasteiger partial charge in [-0.1, -0.05) is 19.3 Å². The molecule has 1 aromatic rings. The van der Waals surface area contributed by atoms with Crippen LogP contribution in [0.3, 0.4) is 0 Å². The summed E-state index contributed by atoms with van der Waals surface area (Å²) in [5.74, 6) is 0.906. The van der Waals surface area contributed by atoms with Crippen LogP contribution >= 0.6 is 35.3 Å². The molecule has 0 unspecified atom stereocenters. The van der Waals surface area contributed by atoms with Gasteiger partial charge in [-0.15, -0.1) is 35.3 Å². The molecular weight excluding hydrogens is 471 g/mol. The van der Waals surface area contributed by atoms with Gasteiger partial charge >= 0.3 is 0 Å². The highest BCUT2D eigenvalue weighted by molar-refractivity contribution is 14.0. The highest BCUT2D eigenvalue weighted by Crippen LogP contribution is 2.43. The molecule has 3 rings (SSSR count). The lowest BCUT2D eigenvalue weighted by atomic mass is 9.73. The van der Waals surface area contributed by atoms with Gasteiger partial charge in [0.2, 0.25) is 10.0 Å². The third kappa shape index (κ3) is 5.08. The van der Waals surface area contributed by atoms with Crippen molar-refractivity contribution >= 4 is 51.3 Å². The summed E-state index contributed by atoms with van der Waals surface area (Å²) in [4.78, 5) is 7.70. The number of guanidine groups is 1. The van der Waals surface area contributed by atoms with E-state index >= 15 is 0 Å². The molecule has 1 aromatic heterocycles. The fourth-order valence-corrected chi connectivity index (χ4v) is 5.65. The van der Waals surface area contributed by atoms with E-state index in [1.807, 2.05) is 0 Å². The van der Waals surface area contributed by atoms with E-state index in [1.54, 1.807) is 19.2 Å². The molecule has 0 radical (unpaired) electrons. The Kier molecular flexibility index (Phi) is 7.14. The number of sulfonamides is 1. The standard InChI is InChI=1S/C16H26N4O2S2.HI/c1-18-15(19-11-13-5-6-14(23-13)24(17,21)22)20-10-9-16(12-20)7-3-2-4-8-16;/h5-6H,2-4,7-12H2,1H3,(H,18,19)(H2,17,21,22);1H. The Balaban J connectivity index is 0.00000225. The second-order valence-electron chi connectivity index (χ2n) is 6.90. The molecule has 1 saturated carbocycles. The Hall–Kier alpha value is -0.390. The van der Waals surface area contributed by atoms with E-state index in [9.17, 15) is 8.42 Å². The normalized spacial score (nSPS) is 20.6. The summed E-state index contributed by atoms with van der Waals surface area (Å²) in [5, 5.41) is 8.53. The van der Waals surface area contributed by atoms with Gasteiger partial charge in [0.1, 0.15) is 4.21 Å². The predicted octanol–water partition coefficient (Wildman–Crippen LogP) is 2.75. The van der Waals surface area contributed by atoms with Gasteiger partial charge in [-0.3, -0.25) is 4.99 Å². The molecule has 0 amide bonds. The van der Waals surface area contributed by atoms with Crippen LogP contribution in [0, 0.1) is 5.41 Å². The van der Waals surface area contributed by atoms with Crippen molar-refractivity contribution in [3.63, 3.8) is 0 Å². The molecule has 0 aromatic carbocycles. The summed E-state index contributed by atoms with van der Waals surface area (Å²) >= 11 is 1.21. The van der Waals surface area contributed by atoms with Crippen molar-refractivity contribution in [1.29, 1.82) is 0 Å². The zero-order valence-electron chi connectivity index (χ0n) is 14.5. The molecule has 1 saturated heterocycles. The molecule has 1 spiro atoms. The number of thiophene rings is 1. The number of nitrogens with zero attached hydrogens (tertiary/aromatic N) is 2. The molecule has 6 nitrogen and oxygen atoms in total. The summed E-state index contributed by atoms with van der Waals surface area (Å²) in [6.07, 6.45) is 8.00. The molecule has 9 heteroatoms. The Bertz CT molecular complexity index is 711. The van der Waals surface area contributed by atoms with Crippen LogP contribution in [0.2, 0.25) is 0 Å². The predicted molar refractivity (Wildman–Crippen MR) is 113 cm³/mol. The molecule has 2 heterocycles. The number of nitrogens with two attached hydrogens (primary N) is 1. The number of likely N-dealkylation sites (tertiary alicyclic amines) is 1. The van der Waals surface area contributed by atoms with Gasteiger partial charge in [0.15, 0.2) is 5.96 Å². The number of halogens is 1. The second-order valence-corrected chi connectivity index (χ2v) is 9.86. The first-order valence-corrected chi connectivity index (χ1v) is 10.9. The van der Waals surface area contributed by atoms with Crippen LogP contribution < -0.4 is 10.5 Å². The summed E-state index contributed by atoms with van der Waals surface area (Å²) < 4.78 is 22.9. The van der Waals surface area contributed by atoms with Crippen molar-refractivity contribution in [1.82, 2.24) is 10.2 Å². The fourth-order valence-electron chi connectivity index (χ4n) is 3.93. The number of primary sulfonamides is 1. The highest BCUT2D eigenvalue weighted by atomic mass is 127. The third-order valence-corrected chi connectivity index (χ3v) is 7.73. The highest BCUT2D eigenvalue weighted by Gasteiger charge is 2.39. The van der Waals surface area contributed by atoms with Crippen LogP contribution in [0.4, 0.5) is 0 Å². The molecule has 25 heavy (non-hydrogen) atoms. The van der Waals surface area contributed by atoms with Crippen molar-refractivity contribution in [2.45, 2.75) is 49.3 Å². The number of hydrogen-bond acceptors (Lipinski definition) is 4. The SMILES string of the molecule is CN=C(NCc1ccc(S(N)(=O)=O)s1)N1CCC2(CCCCC2)C1.I. The van der Waals surface area contributed by atoms with Gasteiger partial charge in [-0.2, -0.15) is 0 Å². The minimum absolute atomic E-state index is 0. The lowest BCUT2D eigenvalue weighted by molar-refractivity contribution is 0.203. The van der Waals surface area contributed by atoms with Gasteiger partial charge in [0, 0.05) is 25.0 Å². The molecule has 142 valence electrons. The molecular formula is C16H27IN4O2S2. The summed E-state index contributed by atoms with van der Waals surface area (Å²) in [6, 6.07) is 3.37. The summed E-state index contributed by atoms with van der Waals surface area (Å²) in [5.41, 5.74) is 0.486. The van der Waals surface area contributed by atoms with Crippen LogP contribution in [-0.4, -0.2) is 39.4 Å². The van der Waals surface area contributed by atoms with E-state index in [4.69, 9.17) is 5.14 Å². The van der Waals surface area contributed by atoms with Gasteiger partial charge in [0.25, 0.3) is 0 Å². The van der Waals surface area contributed by atoms with E-state index in [0.29, 0.717) is 12.0 Å². The number of hydrogen-bond donors (Lipinski definition) is 2. The minimum Gasteiger partial charge on any atom is -0.351 e. The first-order chi connectivity index (χ1) is 11.4. The lowest BCUT2D eigenvalue weighted by Gasteiger charge is -2.33. The molecule has 2 fully saturated rings. The van der Waals surface area contributed by atoms with Crippen LogP contribution in [0.25, 0.3) is 0 Å². The fraction of sp³-hybridized carbons (Fsp3) is 0.688. The average Bonchev–Trinajstić information content (AvgIpc) is 3.17. The monoisotopic (exact) mass is 498 g/mol. The zero-order valence-corrected chi connectivity index (χ0v) is 18.5. The molecule has 0 bridgehead atoms. The van der Waals surface area contributed by atoms with E-state index in [0.717, 1.165) is 23.9 Å². The van der Waals surface area contributed by atoms with Crippen LogP contribution in [0.5, 0.6) is 0 Å². The van der Waals surface area contributed by atoms with Crippen molar-refractivity contribution in [2.75, 3.05) is 20.1 Å². The topological polar surface area (TPSA) is 87.8 Å².